The number of likely N-dealkylation sites (tertiary alicyclic amines) is 1. The van der Waals surface area contributed by atoms with Crippen molar-refractivity contribution in [2.75, 3.05) is 20.1 Å². The lowest BCUT2D eigenvalue weighted by Crippen LogP contribution is -2.43. The van der Waals surface area contributed by atoms with Gasteiger partial charge in [-0.05, 0) is 32.9 Å². The van der Waals surface area contributed by atoms with E-state index in [1.54, 1.807) is 0 Å². The van der Waals surface area contributed by atoms with Gasteiger partial charge in [0.15, 0.2) is 11.2 Å². The van der Waals surface area contributed by atoms with Crippen molar-refractivity contribution >= 4 is 11.2 Å². The molecule has 17 heavy (non-hydrogen) atoms. The van der Waals surface area contributed by atoms with Crippen molar-refractivity contribution in [1.82, 2.24) is 14.3 Å². The van der Waals surface area contributed by atoms with E-state index in [1.165, 1.54) is 38.5 Å². The molecule has 0 amide bonds. The number of nitrogens with one attached hydrogen (secondary N) is 2. The molecule has 0 aromatic carbocycles. The first-order chi connectivity index (χ1) is 8.24. The Labute approximate surface area is 107 Å². The number of likely N-dealkylation sites (N-methyl/N-ethyl adjacent to an activating group) is 1. The molecule has 2 fully saturated rings. The van der Waals surface area contributed by atoms with E-state index in [4.69, 9.17) is 0 Å². The molecule has 0 bridgehead atoms. The fraction of sp³-hybridized carbons (Fsp3) is 1.00. The Balaban J connectivity index is 1.69. The minimum Gasteiger partial charge on any atom is -0.305 e. The normalized spacial score (nSPS) is 30.3. The van der Waals surface area contributed by atoms with Gasteiger partial charge in [0.05, 0.1) is 0 Å². The fourth-order valence-electron chi connectivity index (χ4n) is 2.77. The average Bonchev–Trinajstić information content (AvgIpc) is 2.53. The van der Waals surface area contributed by atoms with Crippen molar-refractivity contribution in [3.05, 3.63) is 0 Å². The van der Waals surface area contributed by atoms with Crippen molar-refractivity contribution in [3.8, 4) is 0 Å². The molecule has 1 aliphatic carbocycles. The molecular formula is C12H25N3OS. The highest BCUT2D eigenvalue weighted by Crippen LogP contribution is 2.17. The summed E-state index contributed by atoms with van der Waals surface area (Å²) in [6.45, 7) is 2.12. The predicted molar refractivity (Wildman–Crippen MR) is 71.8 cm³/mol. The smallest absolute Gasteiger partial charge is 0.167 e. The van der Waals surface area contributed by atoms with E-state index in [0.717, 1.165) is 19.5 Å². The second-order valence-electron chi connectivity index (χ2n) is 5.44. The zero-order valence-electron chi connectivity index (χ0n) is 10.8. The van der Waals surface area contributed by atoms with Crippen LogP contribution in [0.2, 0.25) is 0 Å². The minimum atomic E-state index is -1.06. The summed E-state index contributed by atoms with van der Waals surface area (Å²) < 4.78 is 18.4. The molecule has 2 rings (SSSR count). The molecule has 0 aromatic heterocycles. The van der Waals surface area contributed by atoms with E-state index >= 15 is 0 Å². The van der Waals surface area contributed by atoms with Gasteiger partial charge in [-0.3, -0.25) is 0 Å². The molecule has 2 unspecified atom stereocenters. The molecule has 4 nitrogen and oxygen atoms in total. The molecule has 0 spiro atoms. The van der Waals surface area contributed by atoms with E-state index in [0.29, 0.717) is 12.1 Å². The Morgan fingerprint density at radius 2 is 1.65 bits per heavy atom. The Morgan fingerprint density at radius 3 is 2.24 bits per heavy atom. The highest BCUT2D eigenvalue weighted by atomic mass is 32.2. The van der Waals surface area contributed by atoms with Crippen LogP contribution >= 0.6 is 0 Å². The molecule has 1 saturated heterocycles. The molecular weight excluding hydrogens is 234 g/mol. The topological polar surface area (TPSA) is 44.4 Å². The molecule has 1 saturated carbocycles. The van der Waals surface area contributed by atoms with Crippen LogP contribution in [0.5, 0.6) is 0 Å². The zero-order chi connectivity index (χ0) is 12.1. The van der Waals surface area contributed by atoms with Gasteiger partial charge < -0.3 is 4.90 Å². The average molecular weight is 259 g/mol. The zero-order valence-corrected chi connectivity index (χ0v) is 11.6. The summed E-state index contributed by atoms with van der Waals surface area (Å²) in [6.07, 6.45) is 8.70. The van der Waals surface area contributed by atoms with Crippen LogP contribution in [0.25, 0.3) is 0 Å². The lowest BCUT2D eigenvalue weighted by Gasteiger charge is -2.18. The summed E-state index contributed by atoms with van der Waals surface area (Å²) in [5, 5.41) is 0. The summed E-state index contributed by atoms with van der Waals surface area (Å²) in [5.74, 6) is 0. The van der Waals surface area contributed by atoms with Crippen LogP contribution in [-0.4, -0.2) is 41.3 Å². The first-order valence-corrected chi connectivity index (χ1v) is 8.01. The summed E-state index contributed by atoms with van der Waals surface area (Å²) >= 11 is -1.06. The monoisotopic (exact) mass is 259 g/mol. The van der Waals surface area contributed by atoms with Crippen molar-refractivity contribution in [2.45, 2.75) is 57.0 Å². The molecule has 1 heterocycles. The molecule has 2 N–H and O–H groups in total. The van der Waals surface area contributed by atoms with E-state index in [-0.39, 0.29) is 0 Å². The SMILES string of the molecule is CN1CCC(NS(=O)NC2CCCCCC2)C1. The van der Waals surface area contributed by atoms with E-state index in [1.807, 2.05) is 0 Å². The maximum absolute atomic E-state index is 12.0. The van der Waals surface area contributed by atoms with Crippen LogP contribution in [0.3, 0.4) is 0 Å². The number of hydrogen-bond donors (Lipinski definition) is 2. The van der Waals surface area contributed by atoms with Crippen LogP contribution in [0, 0.1) is 0 Å². The second-order valence-corrected chi connectivity index (χ2v) is 6.45. The lowest BCUT2D eigenvalue weighted by molar-refractivity contribution is 0.407. The summed E-state index contributed by atoms with van der Waals surface area (Å²) in [7, 11) is 2.11. The number of hydrogen-bond acceptors (Lipinski definition) is 2. The van der Waals surface area contributed by atoms with Crippen LogP contribution in [0.15, 0.2) is 0 Å². The molecule has 2 aliphatic rings. The third kappa shape index (κ3) is 4.66. The summed E-state index contributed by atoms with van der Waals surface area (Å²) in [4.78, 5) is 2.28. The third-order valence-electron chi connectivity index (χ3n) is 3.79. The molecule has 0 radical (unpaired) electrons. The van der Waals surface area contributed by atoms with Gasteiger partial charge in [-0.25, -0.2) is 13.7 Å². The second kappa shape index (κ2) is 6.83. The Bertz CT molecular complexity index is 254. The van der Waals surface area contributed by atoms with E-state index in [9.17, 15) is 4.21 Å². The lowest BCUT2D eigenvalue weighted by atomic mass is 10.1. The predicted octanol–water partition coefficient (Wildman–Crippen LogP) is 1.17. The van der Waals surface area contributed by atoms with Gasteiger partial charge in [-0.2, -0.15) is 0 Å². The Kier molecular flexibility index (Phi) is 5.41. The maximum atomic E-state index is 12.0. The highest BCUT2D eigenvalue weighted by molar-refractivity contribution is 7.81. The van der Waals surface area contributed by atoms with Gasteiger partial charge in [0, 0.05) is 18.6 Å². The van der Waals surface area contributed by atoms with Gasteiger partial charge in [-0.15, -0.1) is 0 Å². The number of rotatable bonds is 4. The Hall–Kier alpha value is 0.0300. The van der Waals surface area contributed by atoms with Crippen molar-refractivity contribution < 1.29 is 4.21 Å². The van der Waals surface area contributed by atoms with Gasteiger partial charge >= 0.3 is 0 Å². The summed E-state index contributed by atoms with van der Waals surface area (Å²) in [6, 6.07) is 0.837. The fourth-order valence-corrected chi connectivity index (χ4v) is 3.87. The summed E-state index contributed by atoms with van der Waals surface area (Å²) in [5.41, 5.74) is 0. The highest BCUT2D eigenvalue weighted by Gasteiger charge is 2.22. The first kappa shape index (κ1) is 13.5. The van der Waals surface area contributed by atoms with Crippen molar-refractivity contribution in [3.63, 3.8) is 0 Å². The van der Waals surface area contributed by atoms with Gasteiger partial charge in [-0.1, -0.05) is 25.7 Å². The maximum Gasteiger partial charge on any atom is 0.167 e. The minimum absolute atomic E-state index is 0.388. The van der Waals surface area contributed by atoms with Crippen molar-refractivity contribution in [1.29, 1.82) is 0 Å². The molecule has 100 valence electrons. The molecule has 2 atom stereocenters. The number of nitrogens with zero attached hydrogens (tertiary/aromatic N) is 1. The van der Waals surface area contributed by atoms with Crippen LogP contribution in [0.1, 0.15) is 44.9 Å². The largest absolute Gasteiger partial charge is 0.305 e. The Morgan fingerprint density at radius 1 is 1.00 bits per heavy atom. The quantitative estimate of drug-likeness (QED) is 0.745. The third-order valence-corrected chi connectivity index (χ3v) is 4.89. The van der Waals surface area contributed by atoms with Crippen LogP contribution < -0.4 is 9.44 Å². The van der Waals surface area contributed by atoms with Crippen LogP contribution in [0.4, 0.5) is 0 Å². The van der Waals surface area contributed by atoms with E-state index < -0.39 is 11.2 Å². The van der Waals surface area contributed by atoms with Gasteiger partial charge in [0.1, 0.15) is 0 Å². The first-order valence-electron chi connectivity index (χ1n) is 6.86. The molecule has 1 aliphatic heterocycles. The molecule has 5 heteroatoms. The van der Waals surface area contributed by atoms with E-state index in [2.05, 4.69) is 21.4 Å². The van der Waals surface area contributed by atoms with Crippen molar-refractivity contribution in [2.24, 2.45) is 0 Å². The van der Waals surface area contributed by atoms with Gasteiger partial charge in [0.2, 0.25) is 0 Å². The van der Waals surface area contributed by atoms with Gasteiger partial charge in [0.25, 0.3) is 0 Å². The van der Waals surface area contributed by atoms with Crippen LogP contribution in [-0.2, 0) is 11.2 Å². The molecule has 0 aromatic rings. The standard InChI is InChI=1S/C12H25N3OS/c1-15-9-8-12(10-15)14-17(16)13-11-6-4-2-3-5-7-11/h11-14H,2-10H2,1H3.